The molecule has 0 radical (unpaired) electrons. The van der Waals surface area contributed by atoms with Gasteiger partial charge in [-0.2, -0.15) is 0 Å². The lowest BCUT2D eigenvalue weighted by Gasteiger charge is -2.12. The van der Waals surface area contributed by atoms with Gasteiger partial charge in [-0.25, -0.2) is 13.8 Å². The molecule has 1 saturated carbocycles. The minimum absolute atomic E-state index is 0.0697. The average Bonchev–Trinajstić information content (AvgIpc) is 2.81. The van der Waals surface area contributed by atoms with Crippen LogP contribution < -0.4 is 10.6 Å². The number of pyridine rings is 1. The number of halogens is 2. The van der Waals surface area contributed by atoms with Crippen LogP contribution in [0, 0.1) is 17.6 Å². The molecule has 2 N–H and O–H groups in total. The van der Waals surface area contributed by atoms with E-state index in [0.717, 1.165) is 6.07 Å². The lowest BCUT2D eigenvalue weighted by Crippen LogP contribution is -2.14. The minimum atomic E-state index is -0.670. The Morgan fingerprint density at radius 1 is 1.24 bits per heavy atom. The van der Waals surface area contributed by atoms with Gasteiger partial charge in [0.1, 0.15) is 0 Å². The molecule has 1 fully saturated rings. The number of aromatic nitrogens is 1. The van der Waals surface area contributed by atoms with Crippen LogP contribution >= 0.6 is 0 Å². The number of anilines is 2. The van der Waals surface area contributed by atoms with E-state index in [4.69, 9.17) is 0 Å². The lowest BCUT2D eigenvalue weighted by molar-refractivity contribution is 0.561. The van der Waals surface area contributed by atoms with Gasteiger partial charge in [-0.05, 0) is 18.8 Å². The fourth-order valence-electron chi connectivity index (χ4n) is 2.22. The van der Waals surface area contributed by atoms with Crippen LogP contribution in [0.15, 0.2) is 6.07 Å². The molecule has 17 heavy (non-hydrogen) atoms. The van der Waals surface area contributed by atoms with Crippen LogP contribution in [-0.4, -0.2) is 18.6 Å². The molecule has 1 aliphatic carbocycles. The lowest BCUT2D eigenvalue weighted by atomic mass is 10.1. The van der Waals surface area contributed by atoms with Crippen LogP contribution in [-0.2, 0) is 0 Å². The fourth-order valence-corrected chi connectivity index (χ4v) is 2.22. The highest BCUT2D eigenvalue weighted by atomic mass is 19.1. The smallest absolute Gasteiger partial charge is 0.168 e. The Morgan fingerprint density at radius 2 is 1.88 bits per heavy atom. The van der Waals surface area contributed by atoms with Crippen LogP contribution in [0.2, 0.25) is 0 Å². The molecule has 0 atom stereocenters. The summed E-state index contributed by atoms with van der Waals surface area (Å²) in [6.07, 6.45) is 4.84. The maximum absolute atomic E-state index is 13.4. The number of rotatable bonds is 4. The molecule has 1 aliphatic rings. The van der Waals surface area contributed by atoms with Crippen LogP contribution in [0.3, 0.4) is 0 Å². The maximum atomic E-state index is 13.4. The van der Waals surface area contributed by atoms with E-state index in [-0.39, 0.29) is 11.6 Å². The second-order valence-electron chi connectivity index (χ2n) is 4.43. The molecule has 0 spiro atoms. The minimum Gasteiger partial charge on any atom is -0.371 e. The summed E-state index contributed by atoms with van der Waals surface area (Å²) in [6, 6.07) is 0.857. The molecule has 0 bridgehead atoms. The average molecular weight is 241 g/mol. The summed E-state index contributed by atoms with van der Waals surface area (Å²) in [7, 11) is 1.56. The van der Waals surface area contributed by atoms with E-state index in [0.29, 0.717) is 12.5 Å². The molecule has 0 saturated heterocycles. The molecule has 0 amide bonds. The summed E-state index contributed by atoms with van der Waals surface area (Å²) >= 11 is 0. The van der Waals surface area contributed by atoms with Crippen LogP contribution in [0.25, 0.3) is 0 Å². The number of hydrogen-bond acceptors (Lipinski definition) is 3. The highest BCUT2D eigenvalue weighted by Gasteiger charge is 2.16. The molecule has 1 heterocycles. The first-order chi connectivity index (χ1) is 8.20. The van der Waals surface area contributed by atoms with Gasteiger partial charge in [0.15, 0.2) is 23.3 Å². The van der Waals surface area contributed by atoms with E-state index in [9.17, 15) is 8.78 Å². The number of hydrogen-bond donors (Lipinski definition) is 2. The number of nitrogens with zero attached hydrogens (tertiary/aromatic N) is 1. The molecule has 3 nitrogen and oxygen atoms in total. The summed E-state index contributed by atoms with van der Waals surface area (Å²) in [5, 5.41) is 5.56. The highest BCUT2D eigenvalue weighted by Crippen LogP contribution is 2.25. The van der Waals surface area contributed by atoms with E-state index in [1.54, 1.807) is 7.05 Å². The maximum Gasteiger partial charge on any atom is 0.168 e. The summed E-state index contributed by atoms with van der Waals surface area (Å²) in [5.74, 6) is -0.529. The Bertz CT molecular complexity index is 390. The van der Waals surface area contributed by atoms with Gasteiger partial charge in [-0.3, -0.25) is 0 Å². The number of nitrogens with one attached hydrogen (secondary N) is 2. The van der Waals surface area contributed by atoms with Crippen molar-refractivity contribution in [3.8, 4) is 0 Å². The Balaban J connectivity index is 2.03. The zero-order valence-electron chi connectivity index (χ0n) is 9.89. The summed E-state index contributed by atoms with van der Waals surface area (Å²) in [5.41, 5.74) is 0. The van der Waals surface area contributed by atoms with Gasteiger partial charge in [0.05, 0.1) is 0 Å². The molecule has 0 unspecified atom stereocenters. The van der Waals surface area contributed by atoms with Crippen molar-refractivity contribution in [3.63, 3.8) is 0 Å². The van der Waals surface area contributed by atoms with E-state index < -0.39 is 11.6 Å². The van der Waals surface area contributed by atoms with Gasteiger partial charge in [0, 0.05) is 19.7 Å². The van der Waals surface area contributed by atoms with Crippen LogP contribution in [0.1, 0.15) is 25.7 Å². The van der Waals surface area contributed by atoms with Crippen molar-refractivity contribution in [1.29, 1.82) is 0 Å². The summed E-state index contributed by atoms with van der Waals surface area (Å²) in [6.45, 7) is 0.707. The van der Waals surface area contributed by atoms with Crippen molar-refractivity contribution in [1.82, 2.24) is 4.98 Å². The molecular formula is C12H17F2N3. The molecular weight excluding hydrogens is 224 g/mol. The van der Waals surface area contributed by atoms with E-state index in [1.807, 2.05) is 0 Å². The molecule has 2 rings (SSSR count). The van der Waals surface area contributed by atoms with Gasteiger partial charge in [0.25, 0.3) is 0 Å². The Hall–Kier alpha value is -1.39. The van der Waals surface area contributed by atoms with E-state index in [2.05, 4.69) is 15.6 Å². The first-order valence-electron chi connectivity index (χ1n) is 5.98. The van der Waals surface area contributed by atoms with E-state index in [1.165, 1.54) is 25.7 Å². The zero-order valence-corrected chi connectivity index (χ0v) is 9.89. The monoisotopic (exact) mass is 241 g/mol. The SMILES string of the molecule is CNc1nc(NCC2CCCC2)c(F)cc1F. The van der Waals surface area contributed by atoms with Gasteiger partial charge >= 0.3 is 0 Å². The Labute approximate surface area is 99.6 Å². The highest BCUT2D eigenvalue weighted by molar-refractivity contribution is 5.47. The second-order valence-corrected chi connectivity index (χ2v) is 4.43. The van der Waals surface area contributed by atoms with Crippen molar-refractivity contribution < 1.29 is 8.78 Å². The summed E-state index contributed by atoms with van der Waals surface area (Å²) < 4.78 is 26.6. The molecule has 1 aromatic rings. The van der Waals surface area contributed by atoms with Crippen molar-refractivity contribution in [2.24, 2.45) is 5.92 Å². The predicted molar refractivity (Wildman–Crippen MR) is 64.1 cm³/mol. The van der Waals surface area contributed by atoms with Crippen molar-refractivity contribution in [2.45, 2.75) is 25.7 Å². The van der Waals surface area contributed by atoms with Gasteiger partial charge in [-0.1, -0.05) is 12.8 Å². The third-order valence-electron chi connectivity index (χ3n) is 3.20. The standard InChI is InChI=1S/C12H17F2N3/c1-15-11-9(13)6-10(14)12(17-11)16-7-8-4-2-3-5-8/h6,8H,2-5,7H2,1H3,(H2,15,16,17). The predicted octanol–water partition coefficient (Wildman–Crippen LogP) is 3.00. The summed E-state index contributed by atoms with van der Waals surface area (Å²) in [4.78, 5) is 3.88. The van der Waals surface area contributed by atoms with Gasteiger partial charge < -0.3 is 10.6 Å². The molecule has 0 aliphatic heterocycles. The van der Waals surface area contributed by atoms with E-state index >= 15 is 0 Å². The molecule has 94 valence electrons. The van der Waals surface area contributed by atoms with Crippen molar-refractivity contribution >= 4 is 11.6 Å². The largest absolute Gasteiger partial charge is 0.371 e. The zero-order chi connectivity index (χ0) is 12.3. The van der Waals surface area contributed by atoms with Gasteiger partial charge in [-0.15, -0.1) is 0 Å². The first-order valence-corrected chi connectivity index (χ1v) is 5.98. The quantitative estimate of drug-likeness (QED) is 0.850. The third kappa shape index (κ3) is 2.84. The third-order valence-corrected chi connectivity index (χ3v) is 3.20. The molecule has 5 heteroatoms. The van der Waals surface area contributed by atoms with Crippen LogP contribution in [0.5, 0.6) is 0 Å². The fraction of sp³-hybridized carbons (Fsp3) is 0.583. The van der Waals surface area contributed by atoms with Gasteiger partial charge in [0.2, 0.25) is 0 Å². The van der Waals surface area contributed by atoms with Crippen molar-refractivity contribution in [2.75, 3.05) is 24.2 Å². The molecule has 0 aromatic carbocycles. The Kier molecular flexibility index (Phi) is 3.76. The Morgan fingerprint density at radius 3 is 2.53 bits per heavy atom. The second kappa shape index (κ2) is 5.29. The first kappa shape index (κ1) is 12.1. The van der Waals surface area contributed by atoms with Crippen LogP contribution in [0.4, 0.5) is 20.4 Å². The van der Waals surface area contributed by atoms with Crippen molar-refractivity contribution in [3.05, 3.63) is 17.7 Å². The molecule has 1 aromatic heterocycles. The topological polar surface area (TPSA) is 37.0 Å². The normalized spacial score (nSPS) is 16.2.